The van der Waals surface area contributed by atoms with Gasteiger partial charge in [0.2, 0.25) is 0 Å². The van der Waals surface area contributed by atoms with Crippen LogP contribution < -0.4 is 9.59 Å². The maximum absolute atomic E-state index is 10.3. The number of carboxylic acid groups (broad SMARTS) is 1. The van der Waals surface area contributed by atoms with E-state index in [1.54, 1.807) is 0 Å². The monoisotopic (exact) mass is 279 g/mol. The average Bonchev–Trinajstić information content (AvgIpc) is 2.40. The Labute approximate surface area is 123 Å². The van der Waals surface area contributed by atoms with E-state index in [2.05, 4.69) is 52.3 Å². The summed E-state index contributed by atoms with van der Waals surface area (Å²) in [5.41, 5.74) is 1.34. The third-order valence-corrected chi connectivity index (χ3v) is 3.26. The third-order valence-electron chi connectivity index (χ3n) is 3.26. The Kier molecular flexibility index (Phi) is 8.89. The summed E-state index contributed by atoms with van der Waals surface area (Å²) in [6, 6.07) is 10.5. The lowest BCUT2D eigenvalue weighted by Gasteiger charge is -2.22. The van der Waals surface area contributed by atoms with Gasteiger partial charge in [0, 0.05) is 5.97 Å². The van der Waals surface area contributed by atoms with Gasteiger partial charge in [-0.15, -0.1) is 0 Å². The normalized spacial score (nSPS) is 12.2. The van der Waals surface area contributed by atoms with Crippen LogP contribution in [-0.4, -0.2) is 27.1 Å². The summed E-state index contributed by atoms with van der Waals surface area (Å²) in [4.78, 5) is 10.3. The van der Waals surface area contributed by atoms with Gasteiger partial charge in [0.05, 0.1) is 21.1 Å². The highest BCUT2D eigenvalue weighted by Crippen LogP contribution is 2.14. The van der Waals surface area contributed by atoms with Crippen LogP contribution in [0.5, 0.6) is 0 Å². The van der Waals surface area contributed by atoms with Crippen LogP contribution in [0.4, 0.5) is 5.69 Å². The molecule has 0 radical (unpaired) electrons. The summed E-state index contributed by atoms with van der Waals surface area (Å²) in [5, 5.41) is 10.3. The van der Waals surface area contributed by atoms with Crippen molar-refractivity contribution in [1.82, 2.24) is 4.48 Å². The molecule has 3 nitrogen and oxygen atoms in total. The number of hydrogen-bond donors (Lipinski definition) is 0. The fourth-order valence-corrected chi connectivity index (χ4v) is 1.81. The highest BCUT2D eigenvalue weighted by molar-refractivity contribution is 5.67. The molecule has 0 saturated heterocycles. The second kappa shape index (κ2) is 9.54. The predicted octanol–water partition coefficient (Wildman–Crippen LogP) is 2.84. The first-order valence-electron chi connectivity index (χ1n) is 7.40. The maximum atomic E-state index is 10.3. The number of rotatable bonds is 6. The minimum Gasteiger partial charge on any atom is -0.550 e. The molecule has 0 saturated carbocycles. The Morgan fingerprint density at radius 2 is 1.70 bits per heavy atom. The van der Waals surface area contributed by atoms with Crippen molar-refractivity contribution in [2.45, 2.75) is 39.5 Å². The lowest BCUT2D eigenvalue weighted by atomic mass is 10.00. The Morgan fingerprint density at radius 3 is 2.00 bits per heavy atom. The fraction of sp³-hybridized carbons (Fsp3) is 0.588. The van der Waals surface area contributed by atoms with Gasteiger partial charge in [-0.2, -0.15) is 0 Å². The van der Waals surface area contributed by atoms with E-state index >= 15 is 0 Å². The first kappa shape index (κ1) is 18.7. The SMILES string of the molecule is CCCCC(CC)C(=O)[O-].C[N+](C)(C)c1ccccc1. The van der Waals surface area contributed by atoms with Crippen molar-refractivity contribution in [1.29, 1.82) is 0 Å². The van der Waals surface area contributed by atoms with Gasteiger partial charge in [-0.25, -0.2) is 0 Å². The molecule has 1 aromatic carbocycles. The molecule has 1 unspecified atom stereocenters. The lowest BCUT2D eigenvalue weighted by Crippen LogP contribution is -2.34. The van der Waals surface area contributed by atoms with E-state index in [0.717, 1.165) is 23.7 Å². The van der Waals surface area contributed by atoms with Crippen LogP contribution in [-0.2, 0) is 4.79 Å². The van der Waals surface area contributed by atoms with Crippen LogP contribution in [0.3, 0.4) is 0 Å². The molecular weight excluding hydrogens is 250 g/mol. The van der Waals surface area contributed by atoms with E-state index in [1.807, 2.05) is 13.0 Å². The van der Waals surface area contributed by atoms with Crippen molar-refractivity contribution in [3.05, 3.63) is 30.3 Å². The van der Waals surface area contributed by atoms with E-state index in [-0.39, 0.29) is 5.92 Å². The summed E-state index contributed by atoms with van der Waals surface area (Å²) >= 11 is 0. The summed E-state index contributed by atoms with van der Waals surface area (Å²) in [6.07, 6.45) is 3.52. The number of carbonyl (C=O) groups excluding carboxylic acids is 1. The molecule has 0 amide bonds. The number of benzene rings is 1. The minimum atomic E-state index is -0.893. The number of para-hydroxylation sites is 1. The maximum Gasteiger partial charge on any atom is 0.132 e. The van der Waals surface area contributed by atoms with Gasteiger partial charge in [-0.3, -0.25) is 4.48 Å². The number of carbonyl (C=O) groups is 1. The van der Waals surface area contributed by atoms with Crippen molar-refractivity contribution in [2.24, 2.45) is 5.92 Å². The summed E-state index contributed by atoms with van der Waals surface area (Å²) in [5.74, 6) is -1.11. The molecule has 1 rings (SSSR count). The largest absolute Gasteiger partial charge is 0.550 e. The van der Waals surface area contributed by atoms with Crippen molar-refractivity contribution in [2.75, 3.05) is 21.1 Å². The zero-order valence-corrected chi connectivity index (χ0v) is 13.6. The Morgan fingerprint density at radius 1 is 1.15 bits per heavy atom. The minimum absolute atomic E-state index is 0.222. The van der Waals surface area contributed by atoms with Crippen molar-refractivity contribution >= 4 is 11.7 Å². The molecule has 1 atom stereocenters. The molecule has 0 aromatic heterocycles. The van der Waals surface area contributed by atoms with Gasteiger partial charge in [0.25, 0.3) is 0 Å². The summed E-state index contributed by atoms with van der Waals surface area (Å²) < 4.78 is 0.890. The van der Waals surface area contributed by atoms with Crippen LogP contribution >= 0.6 is 0 Å². The van der Waals surface area contributed by atoms with Crippen molar-refractivity contribution in [3.63, 3.8) is 0 Å². The van der Waals surface area contributed by atoms with Crippen LogP contribution in [0.15, 0.2) is 30.3 Å². The van der Waals surface area contributed by atoms with Crippen LogP contribution in [0, 0.1) is 5.92 Å². The highest BCUT2D eigenvalue weighted by Gasteiger charge is 2.08. The number of unbranched alkanes of at least 4 members (excludes halogenated alkanes) is 1. The predicted molar refractivity (Wildman–Crippen MR) is 84.3 cm³/mol. The van der Waals surface area contributed by atoms with E-state index in [9.17, 15) is 9.90 Å². The molecule has 3 heteroatoms. The fourth-order valence-electron chi connectivity index (χ4n) is 1.81. The number of aliphatic carboxylic acids is 1. The number of nitrogens with zero attached hydrogens (tertiary/aromatic N) is 1. The molecule has 1 aromatic rings. The molecule has 0 aliphatic carbocycles. The molecule has 0 aliphatic rings. The Hall–Kier alpha value is -1.35. The number of quaternary nitrogens is 1. The molecule has 0 bridgehead atoms. The quantitative estimate of drug-likeness (QED) is 0.751. The average molecular weight is 279 g/mol. The van der Waals surface area contributed by atoms with Crippen LogP contribution in [0.25, 0.3) is 0 Å². The zero-order valence-electron chi connectivity index (χ0n) is 13.6. The van der Waals surface area contributed by atoms with Crippen LogP contribution in [0.1, 0.15) is 39.5 Å². The molecule has 0 heterocycles. The molecule has 0 spiro atoms. The van der Waals surface area contributed by atoms with Gasteiger partial charge in [0.1, 0.15) is 5.69 Å². The van der Waals surface area contributed by atoms with E-state index in [0.29, 0.717) is 6.42 Å². The van der Waals surface area contributed by atoms with Crippen molar-refractivity contribution in [3.8, 4) is 0 Å². The molecule has 0 N–H and O–H groups in total. The van der Waals surface area contributed by atoms with Gasteiger partial charge < -0.3 is 9.90 Å². The Balaban J connectivity index is 0.000000361. The highest BCUT2D eigenvalue weighted by atomic mass is 16.4. The van der Waals surface area contributed by atoms with Gasteiger partial charge in [-0.05, 0) is 30.9 Å². The first-order chi connectivity index (χ1) is 9.32. The molecule has 20 heavy (non-hydrogen) atoms. The molecule has 0 aliphatic heterocycles. The molecule has 114 valence electrons. The topological polar surface area (TPSA) is 40.1 Å². The van der Waals surface area contributed by atoms with E-state index < -0.39 is 5.97 Å². The van der Waals surface area contributed by atoms with Crippen molar-refractivity contribution < 1.29 is 9.90 Å². The van der Waals surface area contributed by atoms with Crippen LogP contribution in [0.2, 0.25) is 0 Å². The second-order valence-electron chi connectivity index (χ2n) is 5.91. The third kappa shape index (κ3) is 7.95. The standard InChI is InChI=1S/C9H14N.C8H16O2/c1-10(2,3)9-7-5-4-6-8-9;1-3-5-6-7(4-2)8(9)10/h4-8H,1-3H3;7H,3-6H2,1-2H3,(H,9,10)/q+1;/p-1. The van der Waals surface area contributed by atoms with E-state index in [1.165, 1.54) is 5.69 Å². The van der Waals surface area contributed by atoms with Gasteiger partial charge >= 0.3 is 0 Å². The molecular formula is C17H29NO2. The van der Waals surface area contributed by atoms with Gasteiger partial charge in [-0.1, -0.05) is 44.9 Å². The Bertz CT molecular complexity index is 368. The first-order valence-corrected chi connectivity index (χ1v) is 7.40. The number of hydrogen-bond acceptors (Lipinski definition) is 2. The molecule has 0 fully saturated rings. The number of carboxylic acids is 1. The summed E-state index contributed by atoms with van der Waals surface area (Å²) in [6.45, 7) is 3.94. The smallest absolute Gasteiger partial charge is 0.132 e. The van der Waals surface area contributed by atoms with Gasteiger partial charge in [0.15, 0.2) is 0 Å². The second-order valence-corrected chi connectivity index (χ2v) is 5.91. The lowest BCUT2D eigenvalue weighted by molar-refractivity contribution is -0.311. The zero-order chi connectivity index (χ0) is 15.6. The summed E-state index contributed by atoms with van der Waals surface area (Å²) in [7, 11) is 6.49. The van der Waals surface area contributed by atoms with E-state index in [4.69, 9.17) is 0 Å².